The first kappa shape index (κ1) is 21.1. The molecular formula is C22H32N4O3. The summed E-state index contributed by atoms with van der Waals surface area (Å²) in [6.45, 7) is 3.73. The Morgan fingerprint density at radius 3 is 2.28 bits per heavy atom. The molecule has 7 nitrogen and oxygen atoms in total. The largest absolute Gasteiger partial charge is 0.466 e. The van der Waals surface area contributed by atoms with Gasteiger partial charge < -0.3 is 20.7 Å². The van der Waals surface area contributed by atoms with Crippen LogP contribution in [0.5, 0.6) is 0 Å². The van der Waals surface area contributed by atoms with E-state index < -0.39 is 0 Å². The molecule has 1 aromatic rings. The quantitative estimate of drug-likeness (QED) is 0.401. The lowest BCUT2D eigenvalue weighted by atomic mass is 9.86. The number of carbonyl (C=O) groups excluding carboxylic acids is 2. The summed E-state index contributed by atoms with van der Waals surface area (Å²) in [6.07, 6.45) is 5.08. The first-order chi connectivity index (χ1) is 14.0. The number of hydrogen-bond donors (Lipinski definition) is 3. The second-order valence-corrected chi connectivity index (χ2v) is 8.05. The van der Waals surface area contributed by atoms with Gasteiger partial charge in [0.1, 0.15) is 5.84 Å². The molecule has 158 valence electrons. The Morgan fingerprint density at radius 1 is 1.10 bits per heavy atom. The highest BCUT2D eigenvalue weighted by atomic mass is 16.5. The van der Waals surface area contributed by atoms with Gasteiger partial charge >= 0.3 is 12.0 Å². The lowest BCUT2D eigenvalue weighted by Gasteiger charge is -2.35. The number of piperidine rings is 1. The van der Waals surface area contributed by atoms with Crippen LogP contribution in [0.25, 0.3) is 0 Å². The molecule has 1 aromatic carbocycles. The monoisotopic (exact) mass is 400 g/mol. The summed E-state index contributed by atoms with van der Waals surface area (Å²) in [7, 11) is 0. The molecule has 0 radical (unpaired) electrons. The topological polar surface area (TPSA) is 109 Å². The molecule has 0 atom stereocenters. The van der Waals surface area contributed by atoms with Gasteiger partial charge in [-0.05, 0) is 56.9 Å². The zero-order valence-corrected chi connectivity index (χ0v) is 17.2. The second-order valence-electron chi connectivity index (χ2n) is 8.05. The van der Waals surface area contributed by atoms with Gasteiger partial charge in [-0.3, -0.25) is 10.2 Å². The van der Waals surface area contributed by atoms with E-state index in [2.05, 4.69) is 5.32 Å². The van der Waals surface area contributed by atoms with E-state index in [1.807, 2.05) is 36.1 Å². The molecule has 0 aromatic heterocycles. The molecule has 2 fully saturated rings. The molecule has 1 saturated heterocycles. The fraction of sp³-hybridized carbons (Fsp3) is 0.591. The Hall–Kier alpha value is -2.57. The Bertz CT molecular complexity index is 718. The van der Waals surface area contributed by atoms with Crippen LogP contribution in [0.2, 0.25) is 0 Å². The molecule has 4 N–H and O–H groups in total. The van der Waals surface area contributed by atoms with Crippen molar-refractivity contribution in [2.45, 2.75) is 57.4 Å². The number of nitrogens with zero attached hydrogens (tertiary/aromatic N) is 1. The fourth-order valence-corrected chi connectivity index (χ4v) is 4.35. The molecule has 2 aliphatic rings. The van der Waals surface area contributed by atoms with Crippen molar-refractivity contribution >= 4 is 17.8 Å². The number of urea groups is 1. The van der Waals surface area contributed by atoms with Gasteiger partial charge in [-0.1, -0.05) is 24.3 Å². The van der Waals surface area contributed by atoms with Gasteiger partial charge in [0.15, 0.2) is 0 Å². The molecular weight excluding hydrogens is 368 g/mol. The van der Waals surface area contributed by atoms with E-state index in [0.717, 1.165) is 57.2 Å². The van der Waals surface area contributed by atoms with Crippen molar-refractivity contribution in [1.82, 2.24) is 10.2 Å². The highest BCUT2D eigenvalue weighted by Gasteiger charge is 2.30. The normalized spacial score (nSPS) is 22.7. The molecule has 1 heterocycles. The number of hydrogen-bond acceptors (Lipinski definition) is 4. The van der Waals surface area contributed by atoms with Crippen LogP contribution in [0, 0.1) is 11.3 Å². The number of benzene rings is 1. The number of amides is 2. The molecule has 0 bridgehead atoms. The number of nitrogens with one attached hydrogen (secondary N) is 2. The second kappa shape index (κ2) is 9.76. The standard InChI is InChI=1S/C22H32N4O3/c1-2-29-21(27)18-7-9-19(10-8-18)25-22(28)26-13-11-16(12-14-26)15-3-5-17(6-4-15)20(23)24/h3-6,16,18-19H,2,7-14H2,1H3,(H3,23,24)(H,25,28). The van der Waals surface area contributed by atoms with Crippen molar-refractivity contribution in [3.8, 4) is 0 Å². The average molecular weight is 401 g/mol. The predicted molar refractivity (Wildman–Crippen MR) is 112 cm³/mol. The van der Waals surface area contributed by atoms with Crippen LogP contribution >= 0.6 is 0 Å². The Kier molecular flexibility index (Phi) is 7.12. The Morgan fingerprint density at radius 2 is 1.72 bits per heavy atom. The van der Waals surface area contributed by atoms with Crippen LogP contribution in [0.4, 0.5) is 4.79 Å². The first-order valence-electron chi connectivity index (χ1n) is 10.6. The van der Waals surface area contributed by atoms with Crippen molar-refractivity contribution in [2.24, 2.45) is 11.7 Å². The van der Waals surface area contributed by atoms with Gasteiger partial charge in [-0.2, -0.15) is 0 Å². The predicted octanol–water partition coefficient (Wildman–Crippen LogP) is 2.98. The average Bonchev–Trinajstić information content (AvgIpc) is 2.74. The van der Waals surface area contributed by atoms with Crippen LogP contribution in [0.3, 0.4) is 0 Å². The summed E-state index contributed by atoms with van der Waals surface area (Å²) in [5.74, 6) is 0.392. The molecule has 1 saturated carbocycles. The van der Waals surface area contributed by atoms with E-state index >= 15 is 0 Å². The smallest absolute Gasteiger partial charge is 0.317 e. The Labute approximate surface area is 172 Å². The number of nitrogen functional groups attached to an aromatic ring is 1. The molecule has 0 unspecified atom stereocenters. The highest BCUT2D eigenvalue weighted by Crippen LogP contribution is 2.29. The summed E-state index contributed by atoms with van der Waals surface area (Å²) in [6, 6.07) is 8.02. The van der Waals surface area contributed by atoms with E-state index in [9.17, 15) is 9.59 Å². The van der Waals surface area contributed by atoms with Crippen molar-refractivity contribution < 1.29 is 14.3 Å². The minimum absolute atomic E-state index is 0.00922. The van der Waals surface area contributed by atoms with E-state index in [1.54, 1.807) is 0 Å². The van der Waals surface area contributed by atoms with Crippen LogP contribution in [0.15, 0.2) is 24.3 Å². The van der Waals surface area contributed by atoms with Gasteiger partial charge in [-0.25, -0.2) is 4.79 Å². The van der Waals surface area contributed by atoms with Crippen molar-refractivity contribution in [1.29, 1.82) is 5.41 Å². The zero-order valence-electron chi connectivity index (χ0n) is 17.2. The zero-order chi connectivity index (χ0) is 20.8. The number of nitrogens with two attached hydrogens (primary N) is 1. The lowest BCUT2D eigenvalue weighted by molar-refractivity contribution is -0.149. The highest BCUT2D eigenvalue weighted by molar-refractivity contribution is 5.94. The molecule has 2 amide bonds. The van der Waals surface area contributed by atoms with Gasteiger partial charge in [-0.15, -0.1) is 0 Å². The summed E-state index contributed by atoms with van der Waals surface area (Å²) >= 11 is 0. The van der Waals surface area contributed by atoms with Crippen molar-refractivity contribution in [2.75, 3.05) is 19.7 Å². The third-order valence-electron chi connectivity index (χ3n) is 6.15. The van der Waals surface area contributed by atoms with Crippen molar-refractivity contribution in [3.63, 3.8) is 0 Å². The third-order valence-corrected chi connectivity index (χ3v) is 6.15. The number of rotatable bonds is 5. The lowest BCUT2D eigenvalue weighted by Crippen LogP contribution is -2.48. The van der Waals surface area contributed by atoms with Crippen LogP contribution in [0.1, 0.15) is 62.5 Å². The number of esters is 1. The van der Waals surface area contributed by atoms with Gasteiger partial charge in [0.25, 0.3) is 0 Å². The van der Waals surface area contributed by atoms with E-state index in [1.165, 1.54) is 5.56 Å². The molecule has 1 aliphatic heterocycles. The number of likely N-dealkylation sites (tertiary alicyclic amines) is 1. The Balaban J connectivity index is 1.42. The van der Waals surface area contributed by atoms with Crippen LogP contribution in [-0.4, -0.2) is 48.5 Å². The fourth-order valence-electron chi connectivity index (χ4n) is 4.35. The van der Waals surface area contributed by atoms with Gasteiger partial charge in [0, 0.05) is 24.7 Å². The van der Waals surface area contributed by atoms with Gasteiger partial charge in [0.2, 0.25) is 0 Å². The summed E-state index contributed by atoms with van der Waals surface area (Å²) in [5.41, 5.74) is 7.50. The third kappa shape index (κ3) is 5.49. The number of ether oxygens (including phenoxy) is 1. The SMILES string of the molecule is CCOC(=O)C1CCC(NC(=O)N2CCC(c3ccc(C(=N)N)cc3)CC2)CC1. The van der Waals surface area contributed by atoms with E-state index in [4.69, 9.17) is 15.9 Å². The first-order valence-corrected chi connectivity index (χ1v) is 10.6. The number of carbonyl (C=O) groups is 2. The summed E-state index contributed by atoms with van der Waals surface area (Å²) in [5, 5.41) is 10.6. The maximum atomic E-state index is 12.6. The van der Waals surface area contributed by atoms with Crippen molar-refractivity contribution in [3.05, 3.63) is 35.4 Å². The van der Waals surface area contributed by atoms with Gasteiger partial charge in [0.05, 0.1) is 12.5 Å². The molecule has 1 aliphatic carbocycles. The minimum Gasteiger partial charge on any atom is -0.466 e. The number of amidine groups is 1. The molecule has 7 heteroatoms. The summed E-state index contributed by atoms with van der Waals surface area (Å²) < 4.78 is 5.11. The van der Waals surface area contributed by atoms with E-state index in [0.29, 0.717) is 12.5 Å². The molecule has 0 spiro atoms. The minimum atomic E-state index is -0.101. The molecule has 29 heavy (non-hydrogen) atoms. The molecule has 3 rings (SSSR count). The van der Waals surface area contributed by atoms with E-state index in [-0.39, 0.29) is 29.8 Å². The van der Waals surface area contributed by atoms with Crippen LogP contribution in [-0.2, 0) is 9.53 Å². The maximum Gasteiger partial charge on any atom is 0.317 e. The maximum absolute atomic E-state index is 12.6. The van der Waals surface area contributed by atoms with Crippen LogP contribution < -0.4 is 11.1 Å². The summed E-state index contributed by atoms with van der Waals surface area (Å²) in [4.78, 5) is 26.4.